The van der Waals surface area contributed by atoms with Crippen LogP contribution in [0.4, 0.5) is 0 Å². The number of hydrogen-bond acceptors (Lipinski definition) is 5. The number of hydrogen-bond donors (Lipinski definition) is 0. The van der Waals surface area contributed by atoms with Gasteiger partial charge in [0.2, 0.25) is 10.0 Å². The lowest BCUT2D eigenvalue weighted by Crippen LogP contribution is -2.26. The quantitative estimate of drug-likeness (QED) is 0.345. The third-order valence-corrected chi connectivity index (χ3v) is 8.45. The zero-order chi connectivity index (χ0) is 25.0. The van der Waals surface area contributed by atoms with Crippen molar-refractivity contribution in [2.75, 3.05) is 14.2 Å². The Bertz CT molecular complexity index is 1510. The monoisotopic (exact) mass is 509 g/mol. The fraction of sp³-hybridized carbons (Fsp3) is 0.231. The molecular weight excluding hydrogens is 482 g/mol. The lowest BCUT2D eigenvalue weighted by atomic mass is 10.2. The van der Waals surface area contributed by atoms with Crippen molar-refractivity contribution in [3.8, 4) is 5.75 Å². The lowest BCUT2D eigenvalue weighted by Gasteiger charge is -2.17. The number of nitrogens with zero attached hydrogens (tertiary/aromatic N) is 3. The van der Waals surface area contributed by atoms with Crippen molar-refractivity contribution in [1.29, 1.82) is 0 Å². The minimum absolute atomic E-state index is 0.127. The van der Waals surface area contributed by atoms with E-state index in [0.717, 1.165) is 34.5 Å². The smallest absolute Gasteiger partial charge is 0.279 e. The van der Waals surface area contributed by atoms with Crippen molar-refractivity contribution in [3.05, 3.63) is 88.7 Å². The zero-order valence-electron chi connectivity index (χ0n) is 19.8. The van der Waals surface area contributed by atoms with Gasteiger partial charge in [0.25, 0.3) is 5.91 Å². The highest BCUT2D eigenvalue weighted by atomic mass is 32.2. The molecule has 0 aliphatic carbocycles. The summed E-state index contributed by atoms with van der Waals surface area (Å²) in [6.07, 6.45) is 0.891. The average Bonchev–Trinajstić information content (AvgIpc) is 3.20. The van der Waals surface area contributed by atoms with Gasteiger partial charge in [-0.1, -0.05) is 48.6 Å². The van der Waals surface area contributed by atoms with Crippen LogP contribution in [0.15, 0.2) is 82.7 Å². The summed E-state index contributed by atoms with van der Waals surface area (Å²) in [5.41, 5.74) is 2.21. The van der Waals surface area contributed by atoms with Crippen molar-refractivity contribution in [1.82, 2.24) is 8.87 Å². The number of aromatic nitrogens is 1. The van der Waals surface area contributed by atoms with Crippen LogP contribution in [-0.4, -0.2) is 37.4 Å². The van der Waals surface area contributed by atoms with E-state index in [9.17, 15) is 13.2 Å². The van der Waals surface area contributed by atoms with Crippen LogP contribution in [0, 0.1) is 0 Å². The van der Waals surface area contributed by atoms with Crippen LogP contribution >= 0.6 is 11.3 Å². The van der Waals surface area contributed by atoms with E-state index in [1.807, 2.05) is 53.1 Å². The Morgan fingerprint density at radius 1 is 1.06 bits per heavy atom. The number of carbonyl (C=O) groups excluding carboxylic acids is 1. The van der Waals surface area contributed by atoms with Gasteiger partial charge in [0.1, 0.15) is 5.75 Å². The molecular formula is C26H27N3O4S2. The Hall–Kier alpha value is -3.27. The Kier molecular flexibility index (Phi) is 7.49. The minimum atomic E-state index is -3.70. The fourth-order valence-electron chi connectivity index (χ4n) is 3.73. The van der Waals surface area contributed by atoms with Crippen molar-refractivity contribution in [3.63, 3.8) is 0 Å². The molecule has 3 aromatic carbocycles. The molecule has 1 heterocycles. The summed E-state index contributed by atoms with van der Waals surface area (Å²) in [5, 5.41) is 0. The Morgan fingerprint density at radius 2 is 1.77 bits per heavy atom. The number of sulfonamides is 1. The normalized spacial score (nSPS) is 12.4. The number of rotatable bonds is 8. The van der Waals surface area contributed by atoms with Crippen molar-refractivity contribution in [2.24, 2.45) is 4.99 Å². The SMILES string of the molecule is CCCn1c(=NC(=O)c2ccc(S(=O)(=O)N(C)Cc3ccccc3)cc2)sc2cc(OC)ccc21. The Labute approximate surface area is 209 Å². The predicted molar refractivity (Wildman–Crippen MR) is 138 cm³/mol. The molecule has 0 radical (unpaired) electrons. The number of aryl methyl sites for hydroxylation is 1. The molecule has 9 heteroatoms. The molecule has 35 heavy (non-hydrogen) atoms. The van der Waals surface area contributed by atoms with Gasteiger partial charge in [-0.2, -0.15) is 9.30 Å². The highest BCUT2D eigenvalue weighted by Crippen LogP contribution is 2.24. The highest BCUT2D eigenvalue weighted by molar-refractivity contribution is 7.89. The van der Waals surface area contributed by atoms with E-state index in [1.54, 1.807) is 14.2 Å². The second kappa shape index (κ2) is 10.6. The summed E-state index contributed by atoms with van der Waals surface area (Å²) >= 11 is 1.42. The van der Waals surface area contributed by atoms with Crippen LogP contribution in [0.3, 0.4) is 0 Å². The molecule has 0 atom stereocenters. The van der Waals surface area contributed by atoms with Crippen LogP contribution in [-0.2, 0) is 23.1 Å². The first kappa shape index (κ1) is 24.8. The molecule has 0 N–H and O–H groups in total. The van der Waals surface area contributed by atoms with Gasteiger partial charge in [-0.05, 0) is 54.4 Å². The number of methoxy groups -OCH3 is 1. The van der Waals surface area contributed by atoms with E-state index in [4.69, 9.17) is 4.74 Å². The van der Waals surface area contributed by atoms with Gasteiger partial charge in [-0.15, -0.1) is 0 Å². The summed E-state index contributed by atoms with van der Waals surface area (Å²) in [4.78, 5) is 18.0. The molecule has 0 bridgehead atoms. The van der Waals surface area contributed by atoms with Gasteiger partial charge in [0.15, 0.2) is 4.80 Å². The first-order valence-corrected chi connectivity index (χ1v) is 13.5. The standard InChI is InChI=1S/C26H27N3O4S2/c1-4-16-29-23-15-12-21(33-3)17-24(23)34-26(29)27-25(30)20-10-13-22(14-11-20)35(31,32)28(2)18-19-8-6-5-7-9-19/h5-15,17H,4,16,18H2,1-3H3. The van der Waals surface area contributed by atoms with E-state index in [1.165, 1.54) is 39.9 Å². The molecule has 0 unspecified atom stereocenters. The van der Waals surface area contributed by atoms with Crippen molar-refractivity contribution >= 4 is 37.5 Å². The van der Waals surface area contributed by atoms with Crippen LogP contribution in [0.1, 0.15) is 29.3 Å². The number of fused-ring (bicyclic) bond motifs is 1. The largest absolute Gasteiger partial charge is 0.497 e. The first-order valence-electron chi connectivity index (χ1n) is 11.2. The predicted octanol–water partition coefficient (Wildman–Crippen LogP) is 4.68. The van der Waals surface area contributed by atoms with E-state index < -0.39 is 15.9 Å². The van der Waals surface area contributed by atoms with Crippen molar-refractivity contribution < 1.29 is 17.9 Å². The van der Waals surface area contributed by atoms with Crippen LogP contribution < -0.4 is 9.54 Å². The number of thiazole rings is 1. The van der Waals surface area contributed by atoms with E-state index in [-0.39, 0.29) is 11.4 Å². The molecule has 1 amide bonds. The maximum Gasteiger partial charge on any atom is 0.279 e. The second-order valence-electron chi connectivity index (χ2n) is 8.06. The molecule has 0 spiro atoms. The third-order valence-electron chi connectivity index (χ3n) is 5.59. The summed E-state index contributed by atoms with van der Waals surface area (Å²) in [5.74, 6) is 0.323. The molecule has 0 aliphatic rings. The number of amides is 1. The third kappa shape index (κ3) is 5.37. The topological polar surface area (TPSA) is 81.0 Å². The van der Waals surface area contributed by atoms with E-state index in [2.05, 4.69) is 11.9 Å². The summed E-state index contributed by atoms with van der Waals surface area (Å²) in [6.45, 7) is 3.05. The van der Waals surface area contributed by atoms with Gasteiger partial charge < -0.3 is 9.30 Å². The molecule has 182 valence electrons. The first-order chi connectivity index (χ1) is 16.8. The summed E-state index contributed by atoms with van der Waals surface area (Å²) < 4.78 is 35.6. The van der Waals surface area contributed by atoms with Crippen molar-refractivity contribution in [2.45, 2.75) is 31.3 Å². The Balaban J connectivity index is 1.60. The van der Waals surface area contributed by atoms with Gasteiger partial charge in [0.05, 0.1) is 22.2 Å². The maximum atomic E-state index is 13.0. The molecule has 0 saturated heterocycles. The second-order valence-corrected chi connectivity index (χ2v) is 11.1. The molecule has 7 nitrogen and oxygen atoms in total. The maximum absolute atomic E-state index is 13.0. The van der Waals surface area contributed by atoms with Crippen LogP contribution in [0.5, 0.6) is 5.75 Å². The molecule has 0 aliphatic heterocycles. The number of ether oxygens (including phenoxy) is 1. The van der Waals surface area contributed by atoms with E-state index >= 15 is 0 Å². The summed E-state index contributed by atoms with van der Waals surface area (Å²) in [7, 11) is -0.540. The van der Waals surface area contributed by atoms with Gasteiger partial charge >= 0.3 is 0 Å². The molecule has 4 rings (SSSR count). The van der Waals surface area contributed by atoms with E-state index in [0.29, 0.717) is 10.4 Å². The zero-order valence-corrected chi connectivity index (χ0v) is 21.5. The fourth-order valence-corrected chi connectivity index (χ4v) is 5.97. The van der Waals surface area contributed by atoms with Crippen LogP contribution in [0.25, 0.3) is 10.2 Å². The Morgan fingerprint density at radius 3 is 2.43 bits per heavy atom. The van der Waals surface area contributed by atoms with Gasteiger partial charge in [-0.3, -0.25) is 4.79 Å². The molecule has 4 aromatic rings. The molecule has 0 saturated carbocycles. The summed E-state index contributed by atoms with van der Waals surface area (Å²) in [6, 6.07) is 21.1. The minimum Gasteiger partial charge on any atom is -0.497 e. The number of carbonyl (C=O) groups is 1. The van der Waals surface area contributed by atoms with Crippen LogP contribution in [0.2, 0.25) is 0 Å². The van der Waals surface area contributed by atoms with Gasteiger partial charge in [-0.25, -0.2) is 8.42 Å². The molecule has 0 fully saturated rings. The molecule has 1 aromatic heterocycles. The average molecular weight is 510 g/mol. The van der Waals surface area contributed by atoms with Gasteiger partial charge in [0, 0.05) is 25.7 Å². The lowest BCUT2D eigenvalue weighted by molar-refractivity contribution is 0.0997. The number of benzene rings is 3. The highest BCUT2D eigenvalue weighted by Gasteiger charge is 2.21.